The number of ether oxygens (including phenoxy) is 7. The van der Waals surface area contributed by atoms with Gasteiger partial charge in [0.1, 0.15) is 67.1 Å². The molecule has 0 bridgehead atoms. The first kappa shape index (κ1) is 40.8. The molecule has 15 atom stereocenters. The van der Waals surface area contributed by atoms with Crippen molar-refractivity contribution in [2.75, 3.05) is 26.9 Å². The Morgan fingerprint density at radius 2 is 1.25 bits per heavy atom. The first-order valence-electron chi connectivity index (χ1n) is 16.4. The van der Waals surface area contributed by atoms with Crippen LogP contribution in [-0.2, 0) is 42.7 Å². The van der Waals surface area contributed by atoms with Gasteiger partial charge in [-0.25, -0.2) is 0 Å². The summed E-state index contributed by atoms with van der Waals surface area (Å²) in [4.78, 5) is 23.5. The van der Waals surface area contributed by atoms with Crippen molar-refractivity contribution >= 4 is 11.9 Å². The van der Waals surface area contributed by atoms with Crippen LogP contribution in [0.4, 0.5) is 0 Å². The van der Waals surface area contributed by atoms with Crippen LogP contribution in [-0.4, -0.2) is 172 Å². The SMILES string of the molecule is COC(=O)CCCCCCCCOC1OC(CO)C(O)C(OC2OC(CO)C(O)C(O)C2OC2OC(C)C(O)C(O)C2O)C1NC(C)=O. The lowest BCUT2D eigenvalue weighted by molar-refractivity contribution is -0.381. The fourth-order valence-electron chi connectivity index (χ4n) is 5.89. The van der Waals surface area contributed by atoms with E-state index in [1.165, 1.54) is 21.0 Å². The zero-order valence-corrected chi connectivity index (χ0v) is 27.5. The summed E-state index contributed by atoms with van der Waals surface area (Å²) in [5.74, 6) is -0.792. The molecule has 0 aliphatic carbocycles. The van der Waals surface area contributed by atoms with Crippen molar-refractivity contribution in [3.63, 3.8) is 0 Å². The third kappa shape index (κ3) is 10.7. The van der Waals surface area contributed by atoms with Crippen LogP contribution in [0.2, 0.25) is 0 Å². The number of aliphatic hydroxyl groups is 8. The van der Waals surface area contributed by atoms with Gasteiger partial charge < -0.3 is 79.3 Å². The van der Waals surface area contributed by atoms with E-state index in [0.29, 0.717) is 12.8 Å². The Kier molecular flexibility index (Phi) is 16.7. The molecule has 18 nitrogen and oxygen atoms in total. The van der Waals surface area contributed by atoms with Crippen molar-refractivity contribution in [3.05, 3.63) is 0 Å². The summed E-state index contributed by atoms with van der Waals surface area (Å²) in [5.41, 5.74) is 0. The number of nitrogens with one attached hydrogen (secondary N) is 1. The van der Waals surface area contributed by atoms with E-state index in [1.807, 2.05) is 0 Å². The van der Waals surface area contributed by atoms with E-state index in [2.05, 4.69) is 10.1 Å². The van der Waals surface area contributed by atoms with E-state index in [1.54, 1.807) is 0 Å². The van der Waals surface area contributed by atoms with Crippen molar-refractivity contribution in [3.8, 4) is 0 Å². The highest BCUT2D eigenvalue weighted by Gasteiger charge is 2.54. The van der Waals surface area contributed by atoms with Gasteiger partial charge in [-0.1, -0.05) is 25.7 Å². The minimum absolute atomic E-state index is 0.177. The molecule has 280 valence electrons. The second kappa shape index (κ2) is 19.7. The molecule has 3 aliphatic rings. The van der Waals surface area contributed by atoms with E-state index in [9.17, 15) is 50.4 Å². The molecule has 3 saturated heterocycles. The maximum atomic E-state index is 12.3. The first-order valence-corrected chi connectivity index (χ1v) is 16.4. The van der Waals surface area contributed by atoms with E-state index in [-0.39, 0.29) is 12.6 Å². The molecule has 0 spiro atoms. The van der Waals surface area contributed by atoms with Gasteiger partial charge in [-0.2, -0.15) is 0 Å². The van der Waals surface area contributed by atoms with Gasteiger partial charge >= 0.3 is 5.97 Å². The summed E-state index contributed by atoms with van der Waals surface area (Å²) >= 11 is 0. The number of carbonyl (C=O) groups is 2. The Balaban J connectivity index is 1.73. The molecule has 0 saturated carbocycles. The van der Waals surface area contributed by atoms with Crippen LogP contribution in [0, 0.1) is 0 Å². The average molecular weight is 700 g/mol. The lowest BCUT2D eigenvalue weighted by Gasteiger charge is -2.49. The molecular weight excluding hydrogens is 646 g/mol. The van der Waals surface area contributed by atoms with Crippen LogP contribution < -0.4 is 5.32 Å². The maximum Gasteiger partial charge on any atom is 0.305 e. The average Bonchev–Trinajstić information content (AvgIpc) is 3.06. The van der Waals surface area contributed by atoms with Gasteiger partial charge in [-0.3, -0.25) is 9.59 Å². The minimum atomic E-state index is -1.83. The van der Waals surface area contributed by atoms with Crippen LogP contribution in [0.25, 0.3) is 0 Å². The van der Waals surface area contributed by atoms with E-state index >= 15 is 0 Å². The van der Waals surface area contributed by atoms with E-state index < -0.39 is 111 Å². The topological polar surface area (TPSA) is 273 Å². The molecule has 48 heavy (non-hydrogen) atoms. The standard InChI is InChI=1S/C30H53NO17/c1-14-20(36)23(39)25(41)29(44-14)48-27-24(40)21(37)16(12-32)46-30(27)47-26-19(31-15(2)34)28(45-17(13-33)22(26)38)43-11-9-7-5-4-6-8-10-18(35)42-3/h14,16-17,19-30,32-33,36-41H,4-13H2,1-3H3,(H,31,34). The highest BCUT2D eigenvalue weighted by molar-refractivity contribution is 5.73. The van der Waals surface area contributed by atoms with Crippen molar-refractivity contribution in [1.29, 1.82) is 0 Å². The zero-order valence-electron chi connectivity index (χ0n) is 27.5. The number of hydrogen-bond donors (Lipinski definition) is 9. The molecule has 1 amide bonds. The maximum absolute atomic E-state index is 12.3. The van der Waals surface area contributed by atoms with Gasteiger partial charge in [0.05, 0.1) is 26.4 Å². The number of rotatable bonds is 17. The summed E-state index contributed by atoms with van der Waals surface area (Å²) in [7, 11) is 1.35. The number of carbonyl (C=O) groups excluding carboxylic acids is 2. The van der Waals surface area contributed by atoms with Crippen LogP contribution in [0.3, 0.4) is 0 Å². The van der Waals surface area contributed by atoms with Crippen LogP contribution in [0.1, 0.15) is 58.8 Å². The van der Waals surface area contributed by atoms with Gasteiger partial charge in [-0.05, 0) is 19.8 Å². The van der Waals surface area contributed by atoms with Crippen molar-refractivity contribution in [2.45, 2.75) is 151 Å². The summed E-state index contributed by atoms with van der Waals surface area (Å²) in [6.45, 7) is 1.36. The van der Waals surface area contributed by atoms with Crippen LogP contribution in [0.5, 0.6) is 0 Å². The van der Waals surface area contributed by atoms with Crippen LogP contribution >= 0.6 is 0 Å². The molecule has 3 heterocycles. The lowest BCUT2D eigenvalue weighted by atomic mass is 9.95. The van der Waals surface area contributed by atoms with Crippen LogP contribution in [0.15, 0.2) is 0 Å². The fraction of sp³-hybridized carbons (Fsp3) is 0.933. The fourth-order valence-corrected chi connectivity index (χ4v) is 5.89. The zero-order chi connectivity index (χ0) is 35.5. The number of aliphatic hydroxyl groups excluding tert-OH is 8. The number of esters is 1. The molecular formula is C30H53NO17. The van der Waals surface area contributed by atoms with E-state index in [4.69, 9.17) is 28.4 Å². The summed E-state index contributed by atoms with van der Waals surface area (Å²) in [6.07, 6.45) is -16.3. The highest BCUT2D eigenvalue weighted by atomic mass is 16.8. The van der Waals surface area contributed by atoms with E-state index in [0.717, 1.165) is 32.1 Å². The Morgan fingerprint density at radius 1 is 0.667 bits per heavy atom. The second-order valence-corrected chi connectivity index (χ2v) is 12.4. The van der Waals surface area contributed by atoms with Gasteiger partial charge in [0.25, 0.3) is 0 Å². The van der Waals surface area contributed by atoms with Crippen molar-refractivity contribution in [1.82, 2.24) is 5.32 Å². The van der Waals surface area contributed by atoms with Gasteiger partial charge in [-0.15, -0.1) is 0 Å². The molecule has 9 N–H and O–H groups in total. The number of amides is 1. The third-order valence-corrected chi connectivity index (χ3v) is 8.72. The second-order valence-electron chi connectivity index (χ2n) is 12.4. The quantitative estimate of drug-likeness (QED) is 0.0527. The molecule has 0 aromatic carbocycles. The molecule has 15 unspecified atom stereocenters. The van der Waals surface area contributed by atoms with Gasteiger partial charge in [0, 0.05) is 20.0 Å². The Bertz CT molecular complexity index is 978. The highest BCUT2D eigenvalue weighted by Crippen LogP contribution is 2.33. The summed E-state index contributed by atoms with van der Waals surface area (Å²) in [5, 5.41) is 86.0. The molecule has 0 aromatic heterocycles. The van der Waals surface area contributed by atoms with Gasteiger partial charge in [0.2, 0.25) is 5.91 Å². The Morgan fingerprint density at radius 3 is 1.88 bits per heavy atom. The predicted molar refractivity (Wildman–Crippen MR) is 160 cm³/mol. The monoisotopic (exact) mass is 699 g/mol. The smallest absolute Gasteiger partial charge is 0.305 e. The number of unbranched alkanes of at least 4 members (excludes halogenated alkanes) is 5. The summed E-state index contributed by atoms with van der Waals surface area (Å²) < 4.78 is 39.4. The molecule has 3 fully saturated rings. The third-order valence-electron chi connectivity index (χ3n) is 8.72. The molecule has 0 aromatic rings. The molecule has 18 heteroatoms. The minimum Gasteiger partial charge on any atom is -0.469 e. The first-order chi connectivity index (χ1) is 22.8. The largest absolute Gasteiger partial charge is 0.469 e. The van der Waals surface area contributed by atoms with Crippen molar-refractivity contribution in [2.24, 2.45) is 0 Å². The molecule has 3 rings (SSSR count). The number of hydrogen-bond acceptors (Lipinski definition) is 17. The molecule has 0 radical (unpaired) electrons. The van der Waals surface area contributed by atoms with Gasteiger partial charge in [0.15, 0.2) is 18.9 Å². The molecule has 3 aliphatic heterocycles. The predicted octanol–water partition coefficient (Wildman–Crippen LogP) is -3.47. The Hall–Kier alpha value is -1.62. The summed E-state index contributed by atoms with van der Waals surface area (Å²) in [6, 6.07) is -1.20. The number of methoxy groups -OCH3 is 1. The van der Waals surface area contributed by atoms with Crippen molar-refractivity contribution < 1.29 is 83.6 Å². The lowest BCUT2D eigenvalue weighted by Crippen LogP contribution is -2.69. The normalized spacial score (nSPS) is 40.4. The Labute approximate surface area is 278 Å².